The van der Waals surface area contributed by atoms with Gasteiger partial charge in [-0.1, -0.05) is 6.08 Å². The van der Waals surface area contributed by atoms with Crippen LogP contribution in [0.1, 0.15) is 38.8 Å². The van der Waals surface area contributed by atoms with Crippen LogP contribution >= 0.6 is 0 Å². The molecule has 0 aromatic carbocycles. The number of nitrogens with one attached hydrogen (secondary N) is 1. The van der Waals surface area contributed by atoms with Crippen LogP contribution in [0.3, 0.4) is 0 Å². The molecule has 0 bridgehead atoms. The van der Waals surface area contributed by atoms with Gasteiger partial charge < -0.3 is 20.0 Å². The third-order valence-corrected chi connectivity index (χ3v) is 4.37. The Bertz CT molecular complexity index is 695. The van der Waals surface area contributed by atoms with E-state index < -0.39 is 35.6 Å². The molecule has 0 atom stereocenters. The van der Waals surface area contributed by atoms with Crippen LogP contribution in [0.5, 0.6) is 0 Å². The van der Waals surface area contributed by atoms with E-state index in [4.69, 9.17) is 15.0 Å². The number of hydrogen-bond acceptors (Lipinski definition) is 4. The molecule has 2 rings (SSSR count). The van der Waals surface area contributed by atoms with Crippen molar-refractivity contribution < 1.29 is 22.5 Å². The normalized spacial score (nSPS) is 20.5. The molecule has 0 aliphatic carbocycles. The number of halogens is 3. The topological polar surface area (TPSA) is 77.3 Å². The van der Waals surface area contributed by atoms with Gasteiger partial charge in [0.1, 0.15) is 5.56 Å². The van der Waals surface area contributed by atoms with Crippen LogP contribution in [0.2, 0.25) is 0 Å². The minimum absolute atomic E-state index is 0.0390. The molecule has 2 heterocycles. The molecular weight excluding hydrogens is 324 g/mol. The van der Waals surface area contributed by atoms with E-state index in [2.05, 4.69) is 4.98 Å². The van der Waals surface area contributed by atoms with Crippen LogP contribution in [0, 0.1) is 0 Å². The first-order chi connectivity index (χ1) is 10.9. The molecule has 1 aliphatic rings. The van der Waals surface area contributed by atoms with Crippen molar-refractivity contribution in [1.82, 2.24) is 4.98 Å². The number of H-pyrrole nitrogens is 1. The molecule has 0 spiro atoms. The highest BCUT2D eigenvalue weighted by Crippen LogP contribution is 2.38. The summed E-state index contributed by atoms with van der Waals surface area (Å²) in [5.41, 5.74) is 2.72. The quantitative estimate of drug-likeness (QED) is 0.826. The van der Waals surface area contributed by atoms with Crippen LogP contribution in [-0.2, 0) is 15.5 Å². The zero-order chi connectivity index (χ0) is 18.3. The molecule has 0 amide bonds. The average Bonchev–Trinajstić information content (AvgIpc) is 2.65. The average molecular weight is 344 g/mol. The van der Waals surface area contributed by atoms with Gasteiger partial charge in [-0.2, -0.15) is 13.2 Å². The number of hydrogen-bond donors (Lipinski definition) is 2. The third kappa shape index (κ3) is 3.58. The highest BCUT2D eigenvalue weighted by molar-refractivity contribution is 6.55. The number of rotatable bonds is 3. The molecule has 24 heavy (non-hydrogen) atoms. The lowest BCUT2D eigenvalue weighted by Gasteiger charge is -2.32. The molecule has 1 aliphatic heterocycles. The maximum atomic E-state index is 12.8. The lowest BCUT2D eigenvalue weighted by atomic mass is 9.77. The Morgan fingerprint density at radius 1 is 1.29 bits per heavy atom. The second kappa shape index (κ2) is 6.05. The zero-order valence-electron chi connectivity index (χ0n) is 14.0. The van der Waals surface area contributed by atoms with E-state index in [-0.39, 0.29) is 12.1 Å². The summed E-state index contributed by atoms with van der Waals surface area (Å²) in [4.78, 5) is 13.4. The van der Waals surface area contributed by atoms with Crippen molar-refractivity contribution >= 4 is 13.2 Å². The van der Waals surface area contributed by atoms with E-state index in [9.17, 15) is 18.0 Å². The maximum Gasteiger partial charge on any atom is 0.491 e. The molecule has 1 aromatic heterocycles. The van der Waals surface area contributed by atoms with Crippen LogP contribution in [-0.4, -0.2) is 29.8 Å². The Morgan fingerprint density at radius 2 is 1.83 bits per heavy atom. The molecule has 0 radical (unpaired) electrons. The van der Waals surface area contributed by atoms with Crippen molar-refractivity contribution in [2.75, 3.05) is 6.54 Å². The van der Waals surface area contributed by atoms with Gasteiger partial charge in [0.15, 0.2) is 0 Å². The van der Waals surface area contributed by atoms with E-state index in [1.807, 2.05) is 27.7 Å². The first kappa shape index (κ1) is 18.8. The van der Waals surface area contributed by atoms with Gasteiger partial charge in [-0.15, -0.1) is 0 Å². The second-order valence-electron chi connectivity index (χ2n) is 6.69. The van der Waals surface area contributed by atoms with Gasteiger partial charge in [0.05, 0.1) is 11.2 Å². The Kier molecular flexibility index (Phi) is 4.73. The number of nitrogens with two attached hydrogens (primary N) is 1. The van der Waals surface area contributed by atoms with Crippen LogP contribution in [0.15, 0.2) is 22.5 Å². The molecule has 1 aromatic rings. The smallest absolute Gasteiger partial charge is 0.400 e. The van der Waals surface area contributed by atoms with Gasteiger partial charge in [-0.3, -0.25) is 4.79 Å². The first-order valence-corrected chi connectivity index (χ1v) is 7.43. The summed E-state index contributed by atoms with van der Waals surface area (Å²) in [6.45, 7) is 7.49. The van der Waals surface area contributed by atoms with E-state index >= 15 is 0 Å². The Balaban J connectivity index is 2.38. The van der Waals surface area contributed by atoms with Crippen molar-refractivity contribution in [3.05, 3.63) is 39.2 Å². The van der Waals surface area contributed by atoms with E-state index in [1.165, 1.54) is 12.3 Å². The number of pyridine rings is 1. The molecule has 1 fully saturated rings. The minimum atomic E-state index is -4.73. The minimum Gasteiger partial charge on any atom is -0.400 e. The number of aromatic amines is 1. The molecule has 132 valence electrons. The van der Waals surface area contributed by atoms with Crippen molar-refractivity contribution in [3.63, 3.8) is 0 Å². The molecule has 0 unspecified atom stereocenters. The number of aromatic nitrogens is 1. The van der Waals surface area contributed by atoms with Crippen molar-refractivity contribution in [2.24, 2.45) is 5.73 Å². The second-order valence-corrected chi connectivity index (χ2v) is 6.69. The van der Waals surface area contributed by atoms with Crippen molar-refractivity contribution in [3.8, 4) is 0 Å². The summed E-state index contributed by atoms with van der Waals surface area (Å²) in [5, 5.41) is 0. The van der Waals surface area contributed by atoms with Gasteiger partial charge in [0.2, 0.25) is 0 Å². The van der Waals surface area contributed by atoms with Crippen molar-refractivity contribution in [1.29, 1.82) is 0 Å². The predicted molar refractivity (Wildman–Crippen MR) is 85.2 cm³/mol. The van der Waals surface area contributed by atoms with Gasteiger partial charge in [-0.25, -0.2) is 0 Å². The van der Waals surface area contributed by atoms with E-state index in [0.29, 0.717) is 5.47 Å². The third-order valence-electron chi connectivity index (χ3n) is 4.37. The molecule has 5 nitrogen and oxygen atoms in total. The lowest BCUT2D eigenvalue weighted by molar-refractivity contribution is -0.138. The van der Waals surface area contributed by atoms with Gasteiger partial charge in [-0.05, 0) is 44.8 Å². The van der Waals surface area contributed by atoms with Crippen LogP contribution in [0.25, 0.3) is 6.08 Å². The Labute approximate surface area is 138 Å². The Hall–Kier alpha value is -1.58. The summed E-state index contributed by atoms with van der Waals surface area (Å²) in [6, 6.07) is 0.778. The van der Waals surface area contributed by atoms with E-state index in [0.717, 1.165) is 6.07 Å². The fourth-order valence-electron chi connectivity index (χ4n) is 2.23. The van der Waals surface area contributed by atoms with Gasteiger partial charge in [0.25, 0.3) is 5.56 Å². The first-order valence-electron chi connectivity index (χ1n) is 7.43. The zero-order valence-corrected chi connectivity index (χ0v) is 14.0. The van der Waals surface area contributed by atoms with Crippen LogP contribution < -0.4 is 11.3 Å². The summed E-state index contributed by atoms with van der Waals surface area (Å²) in [5.74, 6) is 0. The largest absolute Gasteiger partial charge is 0.491 e. The van der Waals surface area contributed by atoms with Crippen LogP contribution in [0.4, 0.5) is 13.2 Å². The molecule has 0 saturated carbocycles. The molecule has 9 heteroatoms. The summed E-state index contributed by atoms with van der Waals surface area (Å²) in [6.07, 6.45) is -2.10. The van der Waals surface area contributed by atoms with Gasteiger partial charge in [0, 0.05) is 12.7 Å². The fraction of sp³-hybridized carbons (Fsp3) is 0.533. The molecule has 3 N–H and O–H groups in total. The summed E-state index contributed by atoms with van der Waals surface area (Å²) in [7, 11) is -0.763. The standard InChI is InChI=1S/C15H20BF3N2O3/c1-13(2)14(3,4)24-16(23-13)10(7-20)5-9-6-11(15(17,18)19)12(22)21-8-9/h5-6,8H,7,20H2,1-4H3,(H,21,22). The van der Waals surface area contributed by atoms with Gasteiger partial charge >= 0.3 is 13.3 Å². The highest BCUT2D eigenvalue weighted by Gasteiger charge is 2.52. The fourth-order valence-corrected chi connectivity index (χ4v) is 2.23. The predicted octanol–water partition coefficient (Wildman–Crippen LogP) is 2.37. The SMILES string of the molecule is CC1(C)OB(C(=Cc2c[nH]c(=O)c(C(F)(F)F)c2)CN)OC1(C)C. The monoisotopic (exact) mass is 344 g/mol. The van der Waals surface area contributed by atoms with Crippen molar-refractivity contribution in [2.45, 2.75) is 45.1 Å². The molecule has 1 saturated heterocycles. The summed E-state index contributed by atoms with van der Waals surface area (Å²) < 4.78 is 50.2. The van der Waals surface area contributed by atoms with E-state index in [1.54, 1.807) is 0 Å². The number of alkyl halides is 3. The molecular formula is C15H20BF3N2O3. The summed E-state index contributed by atoms with van der Waals surface area (Å²) >= 11 is 0. The highest BCUT2D eigenvalue weighted by atomic mass is 19.4. The lowest BCUT2D eigenvalue weighted by Crippen LogP contribution is -2.41. The maximum absolute atomic E-state index is 12.8. The Morgan fingerprint density at radius 3 is 2.29 bits per heavy atom.